The second-order valence-corrected chi connectivity index (χ2v) is 4.86. The molecule has 1 nitrogen and oxygen atoms in total. The lowest BCUT2D eigenvalue weighted by molar-refractivity contribution is 0.443. The van der Waals surface area contributed by atoms with Crippen LogP contribution in [-0.4, -0.2) is 12.1 Å². The molecule has 0 radical (unpaired) electrons. The van der Waals surface area contributed by atoms with Crippen molar-refractivity contribution in [2.75, 3.05) is 0 Å². The maximum absolute atomic E-state index is 3.66. The highest BCUT2D eigenvalue weighted by atomic mass is 15.0. The second-order valence-electron chi connectivity index (χ2n) is 4.86. The Balaban J connectivity index is 2.00. The molecule has 1 aliphatic rings. The van der Waals surface area contributed by atoms with Gasteiger partial charge in [0, 0.05) is 12.1 Å². The van der Waals surface area contributed by atoms with Crippen LogP contribution in [0.1, 0.15) is 47.0 Å². The average molecular weight is 169 g/mol. The molecule has 0 heterocycles. The first-order valence-corrected chi connectivity index (χ1v) is 5.35. The van der Waals surface area contributed by atoms with Crippen molar-refractivity contribution in [2.45, 2.75) is 59.0 Å². The Bertz CT molecular complexity index is 131. The predicted molar refractivity (Wildman–Crippen MR) is 54.2 cm³/mol. The first-order chi connectivity index (χ1) is 5.59. The Morgan fingerprint density at radius 1 is 1.25 bits per heavy atom. The summed E-state index contributed by atoms with van der Waals surface area (Å²) in [6.45, 7) is 9.24. The van der Waals surface area contributed by atoms with E-state index in [9.17, 15) is 0 Å². The van der Waals surface area contributed by atoms with Gasteiger partial charge in [0.25, 0.3) is 0 Å². The van der Waals surface area contributed by atoms with Gasteiger partial charge in [-0.05, 0) is 38.0 Å². The van der Waals surface area contributed by atoms with E-state index in [2.05, 4.69) is 33.0 Å². The predicted octanol–water partition coefficient (Wildman–Crippen LogP) is 2.81. The van der Waals surface area contributed by atoms with E-state index in [-0.39, 0.29) is 0 Å². The summed E-state index contributed by atoms with van der Waals surface area (Å²) < 4.78 is 0. The molecule has 72 valence electrons. The van der Waals surface area contributed by atoms with Crippen molar-refractivity contribution in [1.82, 2.24) is 5.32 Å². The Morgan fingerprint density at radius 2 is 1.83 bits per heavy atom. The highest BCUT2D eigenvalue weighted by Gasteiger charge is 2.32. The molecule has 0 aromatic rings. The van der Waals surface area contributed by atoms with Crippen molar-refractivity contribution in [3.63, 3.8) is 0 Å². The van der Waals surface area contributed by atoms with Crippen LogP contribution in [0.2, 0.25) is 0 Å². The van der Waals surface area contributed by atoms with E-state index in [1.807, 2.05) is 0 Å². The second kappa shape index (κ2) is 4.27. The summed E-state index contributed by atoms with van der Waals surface area (Å²) in [4.78, 5) is 0. The molecular formula is C11H23N. The van der Waals surface area contributed by atoms with Gasteiger partial charge in [0.05, 0.1) is 0 Å². The third kappa shape index (κ3) is 3.57. The van der Waals surface area contributed by atoms with Gasteiger partial charge in [-0.25, -0.2) is 0 Å². The molecule has 0 aliphatic heterocycles. The molecule has 0 spiro atoms. The van der Waals surface area contributed by atoms with E-state index in [1.54, 1.807) is 0 Å². The van der Waals surface area contributed by atoms with Crippen LogP contribution in [0.5, 0.6) is 0 Å². The quantitative estimate of drug-likeness (QED) is 0.667. The third-order valence-electron chi connectivity index (χ3n) is 2.79. The Hall–Kier alpha value is -0.0400. The SMILES string of the molecule is CC(C)CCC(C)NC1CC1C. The minimum absolute atomic E-state index is 0.724. The van der Waals surface area contributed by atoms with Gasteiger partial charge in [0.15, 0.2) is 0 Å². The van der Waals surface area contributed by atoms with Crippen LogP contribution in [0.4, 0.5) is 0 Å². The van der Waals surface area contributed by atoms with Gasteiger partial charge in [-0.2, -0.15) is 0 Å². The first kappa shape index (κ1) is 10.0. The van der Waals surface area contributed by atoms with Crippen LogP contribution < -0.4 is 5.32 Å². The Morgan fingerprint density at radius 3 is 2.25 bits per heavy atom. The number of hydrogen-bond acceptors (Lipinski definition) is 1. The van der Waals surface area contributed by atoms with Gasteiger partial charge in [0.2, 0.25) is 0 Å². The van der Waals surface area contributed by atoms with E-state index in [0.717, 1.165) is 23.9 Å². The zero-order chi connectivity index (χ0) is 9.14. The lowest BCUT2D eigenvalue weighted by atomic mass is 10.0. The summed E-state index contributed by atoms with van der Waals surface area (Å²) in [5, 5.41) is 3.66. The summed E-state index contributed by atoms with van der Waals surface area (Å²) in [5.74, 6) is 1.79. The summed E-state index contributed by atoms with van der Waals surface area (Å²) in [5.41, 5.74) is 0. The molecule has 0 saturated heterocycles. The van der Waals surface area contributed by atoms with E-state index in [4.69, 9.17) is 0 Å². The third-order valence-corrected chi connectivity index (χ3v) is 2.79. The molecule has 3 unspecified atom stereocenters. The van der Waals surface area contributed by atoms with Crippen molar-refractivity contribution >= 4 is 0 Å². The fourth-order valence-electron chi connectivity index (χ4n) is 1.59. The molecule has 0 aromatic heterocycles. The van der Waals surface area contributed by atoms with Crippen LogP contribution in [0.3, 0.4) is 0 Å². The van der Waals surface area contributed by atoms with Gasteiger partial charge in [0.1, 0.15) is 0 Å². The maximum atomic E-state index is 3.66. The number of nitrogens with one attached hydrogen (secondary N) is 1. The van der Waals surface area contributed by atoms with E-state index in [0.29, 0.717) is 0 Å². The number of hydrogen-bond donors (Lipinski definition) is 1. The van der Waals surface area contributed by atoms with Gasteiger partial charge in [-0.3, -0.25) is 0 Å². The highest BCUT2D eigenvalue weighted by molar-refractivity contribution is 4.91. The van der Waals surface area contributed by atoms with Crippen LogP contribution in [0, 0.1) is 11.8 Å². The van der Waals surface area contributed by atoms with Crippen molar-refractivity contribution < 1.29 is 0 Å². The Kier molecular flexibility index (Phi) is 3.57. The maximum Gasteiger partial charge on any atom is 0.00988 e. The normalized spacial score (nSPS) is 30.8. The van der Waals surface area contributed by atoms with Crippen molar-refractivity contribution in [2.24, 2.45) is 11.8 Å². The smallest absolute Gasteiger partial charge is 0.00988 e. The highest BCUT2D eigenvalue weighted by Crippen LogP contribution is 2.29. The van der Waals surface area contributed by atoms with E-state index >= 15 is 0 Å². The summed E-state index contributed by atoms with van der Waals surface area (Å²) in [7, 11) is 0. The van der Waals surface area contributed by atoms with Gasteiger partial charge in [-0.15, -0.1) is 0 Å². The lowest BCUT2D eigenvalue weighted by Gasteiger charge is -2.14. The standard InChI is InChI=1S/C11H23N/c1-8(2)5-6-10(4)12-11-7-9(11)3/h8-12H,5-7H2,1-4H3. The molecule has 1 fully saturated rings. The molecule has 1 heteroatoms. The van der Waals surface area contributed by atoms with Crippen molar-refractivity contribution in [3.8, 4) is 0 Å². The molecule has 1 saturated carbocycles. The molecule has 12 heavy (non-hydrogen) atoms. The topological polar surface area (TPSA) is 12.0 Å². The lowest BCUT2D eigenvalue weighted by Crippen LogP contribution is -2.29. The summed E-state index contributed by atoms with van der Waals surface area (Å²) in [6.07, 6.45) is 4.09. The summed E-state index contributed by atoms with van der Waals surface area (Å²) >= 11 is 0. The fraction of sp³-hybridized carbons (Fsp3) is 1.00. The van der Waals surface area contributed by atoms with Crippen molar-refractivity contribution in [3.05, 3.63) is 0 Å². The zero-order valence-electron chi connectivity index (χ0n) is 8.93. The zero-order valence-corrected chi connectivity index (χ0v) is 8.93. The average Bonchev–Trinajstić information content (AvgIpc) is 2.62. The monoisotopic (exact) mass is 169 g/mol. The molecule has 1 aliphatic carbocycles. The number of rotatable bonds is 5. The minimum atomic E-state index is 0.724. The Labute approximate surface area is 76.9 Å². The van der Waals surface area contributed by atoms with E-state index < -0.39 is 0 Å². The van der Waals surface area contributed by atoms with E-state index in [1.165, 1.54) is 19.3 Å². The fourth-order valence-corrected chi connectivity index (χ4v) is 1.59. The molecular weight excluding hydrogens is 146 g/mol. The molecule has 0 aromatic carbocycles. The molecule has 0 amide bonds. The molecule has 3 atom stereocenters. The van der Waals surface area contributed by atoms with Crippen LogP contribution >= 0.6 is 0 Å². The molecule has 1 N–H and O–H groups in total. The first-order valence-electron chi connectivity index (χ1n) is 5.35. The van der Waals surface area contributed by atoms with Crippen molar-refractivity contribution in [1.29, 1.82) is 0 Å². The molecule has 0 bridgehead atoms. The van der Waals surface area contributed by atoms with Gasteiger partial charge in [-0.1, -0.05) is 20.8 Å². The van der Waals surface area contributed by atoms with Crippen LogP contribution in [0.15, 0.2) is 0 Å². The summed E-state index contributed by atoms with van der Waals surface area (Å²) in [6, 6.07) is 1.56. The van der Waals surface area contributed by atoms with Crippen LogP contribution in [-0.2, 0) is 0 Å². The molecule has 1 rings (SSSR count). The van der Waals surface area contributed by atoms with Gasteiger partial charge < -0.3 is 5.32 Å². The van der Waals surface area contributed by atoms with Crippen LogP contribution in [0.25, 0.3) is 0 Å². The minimum Gasteiger partial charge on any atom is -0.311 e. The largest absolute Gasteiger partial charge is 0.311 e. The van der Waals surface area contributed by atoms with Gasteiger partial charge >= 0.3 is 0 Å².